The number of carbonyl (C=O) groups is 1. The molecule has 1 aromatic carbocycles. The molecule has 1 aromatic heterocycles. The predicted octanol–water partition coefficient (Wildman–Crippen LogP) is 3.67. The summed E-state index contributed by atoms with van der Waals surface area (Å²) in [4.78, 5) is 13.3. The van der Waals surface area contributed by atoms with E-state index in [9.17, 15) is 4.79 Å². The fraction of sp³-hybridized carbons (Fsp3) is 0.278. The van der Waals surface area contributed by atoms with Crippen molar-refractivity contribution < 1.29 is 13.0 Å². The second-order valence-electron chi connectivity index (χ2n) is 5.10. The molecular weight excluding hydrogens is 278 g/mol. The van der Waals surface area contributed by atoms with Crippen molar-refractivity contribution >= 4 is 22.7 Å². The van der Waals surface area contributed by atoms with E-state index in [1.807, 2.05) is 0 Å². The maximum absolute atomic E-state index is 13.0. The van der Waals surface area contributed by atoms with Gasteiger partial charge in [0.15, 0.2) is 5.78 Å². The minimum Gasteiger partial charge on any atom is -0.316 e. The lowest BCUT2D eigenvalue weighted by atomic mass is 9.88. The summed E-state index contributed by atoms with van der Waals surface area (Å²) in [6, 6.07) is 0.0618. The van der Waals surface area contributed by atoms with E-state index in [-0.39, 0.29) is 22.0 Å². The lowest BCUT2D eigenvalue weighted by Crippen LogP contribution is -2.24. The third kappa shape index (κ3) is 2.17. The Bertz CT molecular complexity index is 1000. The highest BCUT2D eigenvalue weighted by atomic mass is 32.1. The lowest BCUT2D eigenvalue weighted by Gasteiger charge is -2.21. The molecule has 0 saturated carbocycles. The van der Waals surface area contributed by atoms with Gasteiger partial charge in [0.25, 0.3) is 0 Å². The summed E-state index contributed by atoms with van der Waals surface area (Å²) in [7, 11) is 0. The van der Waals surface area contributed by atoms with E-state index in [1.54, 1.807) is 11.4 Å². The van der Waals surface area contributed by atoms with Gasteiger partial charge in [0.1, 0.15) is 0 Å². The van der Waals surface area contributed by atoms with Crippen LogP contribution in [0.2, 0.25) is 0 Å². The third-order valence-corrected chi connectivity index (χ3v) is 4.79. The van der Waals surface area contributed by atoms with E-state index in [0.717, 1.165) is 30.0 Å². The van der Waals surface area contributed by atoms with Gasteiger partial charge in [0.2, 0.25) is 0 Å². The minimum absolute atomic E-state index is 0.133. The first-order valence-electron chi connectivity index (χ1n) is 9.93. The van der Waals surface area contributed by atoms with Crippen molar-refractivity contribution in [3.63, 3.8) is 0 Å². The first kappa shape index (κ1) is 8.06. The molecule has 1 saturated heterocycles. The van der Waals surface area contributed by atoms with Gasteiger partial charge >= 0.3 is 0 Å². The topological polar surface area (TPSA) is 29.1 Å². The number of carbonyl (C=O) groups excluding carboxylic acids is 1. The number of nitrogens with one attached hydrogen (secondary N) is 1. The molecule has 3 heteroatoms. The van der Waals surface area contributed by atoms with Crippen LogP contribution in [0.4, 0.5) is 0 Å². The molecule has 4 rings (SSSR count). The van der Waals surface area contributed by atoms with Crippen LogP contribution in [0, 0.1) is 0 Å². The summed E-state index contributed by atoms with van der Waals surface area (Å²) in [5.41, 5.74) is 2.06. The number of thiophene rings is 1. The Labute approximate surface area is 136 Å². The van der Waals surface area contributed by atoms with Gasteiger partial charge in [-0.25, -0.2) is 0 Å². The Kier molecular flexibility index (Phi) is 2.01. The second-order valence-corrected chi connectivity index (χ2v) is 6.01. The molecular formula is C18H17NOS. The van der Waals surface area contributed by atoms with Crippen molar-refractivity contribution in [2.45, 2.75) is 19.2 Å². The number of piperidine rings is 1. The molecule has 21 heavy (non-hydrogen) atoms. The van der Waals surface area contributed by atoms with Gasteiger partial charge in [-0.2, -0.15) is 0 Å². The molecule has 0 amide bonds. The van der Waals surface area contributed by atoms with E-state index in [0.29, 0.717) is 24.0 Å². The SMILES string of the molecule is [2H]c1c([2H])c([2H])c2c(c1[2H])C(=C1CCNCC1)c1ccsc1C(=O)C2([2H])[2H]. The van der Waals surface area contributed by atoms with Crippen LogP contribution in [0.15, 0.2) is 41.2 Å². The van der Waals surface area contributed by atoms with Gasteiger partial charge in [0.05, 0.1) is 10.4 Å². The van der Waals surface area contributed by atoms with Crippen molar-refractivity contribution in [3.05, 3.63) is 62.8 Å². The van der Waals surface area contributed by atoms with Crippen LogP contribution in [-0.2, 0) is 6.37 Å². The average Bonchev–Trinajstić information content (AvgIpc) is 3.11. The zero-order chi connectivity index (χ0) is 19.5. The van der Waals surface area contributed by atoms with Crippen molar-refractivity contribution in [1.82, 2.24) is 5.32 Å². The Morgan fingerprint density at radius 1 is 1.19 bits per heavy atom. The third-order valence-electron chi connectivity index (χ3n) is 3.88. The predicted molar refractivity (Wildman–Crippen MR) is 86.9 cm³/mol. The molecule has 0 radical (unpaired) electrons. The monoisotopic (exact) mass is 301 g/mol. The maximum Gasteiger partial charge on any atom is 0.177 e. The zero-order valence-corrected chi connectivity index (χ0v) is 12.1. The molecule has 2 nitrogen and oxygen atoms in total. The lowest BCUT2D eigenvalue weighted by molar-refractivity contribution is 0.0997. The van der Waals surface area contributed by atoms with Crippen LogP contribution in [0.3, 0.4) is 0 Å². The summed E-state index contributed by atoms with van der Waals surface area (Å²) in [6.07, 6.45) is -1.16. The fourth-order valence-electron chi connectivity index (χ4n) is 2.93. The van der Waals surface area contributed by atoms with Gasteiger partial charge in [-0.15, -0.1) is 11.3 Å². The Hall–Kier alpha value is -1.71. The molecule has 0 spiro atoms. The molecule has 1 N–H and O–H groups in total. The van der Waals surface area contributed by atoms with E-state index >= 15 is 0 Å². The van der Waals surface area contributed by atoms with E-state index in [4.69, 9.17) is 8.22 Å². The maximum atomic E-state index is 13.0. The van der Waals surface area contributed by atoms with Crippen molar-refractivity contribution in [2.24, 2.45) is 0 Å². The molecule has 1 fully saturated rings. The number of rotatable bonds is 0. The van der Waals surface area contributed by atoms with Crippen LogP contribution >= 0.6 is 11.3 Å². The Morgan fingerprint density at radius 3 is 2.86 bits per heavy atom. The van der Waals surface area contributed by atoms with E-state index in [2.05, 4.69) is 5.32 Å². The normalized spacial score (nSPS) is 24.7. The molecule has 2 aromatic rings. The number of fused-ring (bicyclic) bond motifs is 2. The highest BCUT2D eigenvalue weighted by Crippen LogP contribution is 2.39. The van der Waals surface area contributed by atoms with Crippen molar-refractivity contribution in [2.75, 3.05) is 13.1 Å². The first-order chi connectivity index (χ1) is 12.8. The van der Waals surface area contributed by atoms with Crippen LogP contribution < -0.4 is 5.32 Å². The Balaban J connectivity index is 2.21. The summed E-state index contributed by atoms with van der Waals surface area (Å²) < 4.78 is 49.8. The van der Waals surface area contributed by atoms with Crippen LogP contribution in [0.1, 0.15) is 47.4 Å². The molecule has 0 unspecified atom stereocenters. The highest BCUT2D eigenvalue weighted by molar-refractivity contribution is 7.12. The molecule has 1 aliphatic heterocycles. The molecule has 2 aliphatic rings. The fourth-order valence-corrected chi connectivity index (χ4v) is 3.72. The quantitative estimate of drug-likeness (QED) is 0.804. The van der Waals surface area contributed by atoms with Crippen LogP contribution in [0.25, 0.3) is 5.57 Å². The zero-order valence-electron chi connectivity index (χ0n) is 17.3. The number of benzene rings is 1. The number of ketones is 1. The summed E-state index contributed by atoms with van der Waals surface area (Å²) in [6.45, 7) is 1.47. The minimum atomic E-state index is -2.53. The largest absolute Gasteiger partial charge is 0.316 e. The van der Waals surface area contributed by atoms with Gasteiger partial charge in [-0.3, -0.25) is 4.79 Å². The van der Waals surface area contributed by atoms with Gasteiger partial charge < -0.3 is 5.32 Å². The summed E-state index contributed by atoms with van der Waals surface area (Å²) in [5.74, 6) is -0.747. The smallest absolute Gasteiger partial charge is 0.177 e. The van der Waals surface area contributed by atoms with Crippen LogP contribution in [0.5, 0.6) is 0 Å². The molecule has 0 atom stereocenters. The second kappa shape index (κ2) is 5.24. The first-order valence-corrected chi connectivity index (χ1v) is 7.81. The molecule has 2 heterocycles. The summed E-state index contributed by atoms with van der Waals surface area (Å²) >= 11 is 1.15. The van der Waals surface area contributed by atoms with E-state index < -0.39 is 30.3 Å². The van der Waals surface area contributed by atoms with Crippen molar-refractivity contribution in [1.29, 1.82) is 0 Å². The number of hydrogen-bond donors (Lipinski definition) is 1. The van der Waals surface area contributed by atoms with Gasteiger partial charge in [-0.1, -0.05) is 29.7 Å². The van der Waals surface area contributed by atoms with Crippen LogP contribution in [-0.4, -0.2) is 18.9 Å². The van der Waals surface area contributed by atoms with Gasteiger partial charge in [0, 0.05) is 14.7 Å². The highest BCUT2D eigenvalue weighted by Gasteiger charge is 2.26. The standard InChI is InChI=1S/C18H17NOS/c20-16-11-13-3-1-2-4-14(13)17(12-5-8-19-9-6-12)15-7-10-21-18(15)16/h1-4,7,10,19H,5-6,8-9,11H2/i1D,2D,3D,4D,11D2. The molecule has 0 bridgehead atoms. The number of hydrogen-bond acceptors (Lipinski definition) is 3. The molecule has 106 valence electrons. The number of Topliss-reactive ketones (excluding diaryl/α,β-unsaturated/α-hetero) is 1. The van der Waals surface area contributed by atoms with Gasteiger partial charge in [-0.05, 0) is 54.1 Å². The van der Waals surface area contributed by atoms with E-state index in [1.165, 1.54) is 0 Å². The average molecular weight is 301 g/mol. The Morgan fingerprint density at radius 2 is 2.00 bits per heavy atom. The summed E-state index contributed by atoms with van der Waals surface area (Å²) in [5, 5.41) is 4.99. The molecule has 1 aliphatic carbocycles. The van der Waals surface area contributed by atoms with Crippen molar-refractivity contribution in [3.8, 4) is 0 Å².